The molecule has 4 rings (SSSR count). The molecule has 0 unspecified atom stereocenters. The second-order valence-electron chi connectivity index (χ2n) is 5.17. The first-order valence-electron chi connectivity index (χ1n) is 6.76. The van der Waals surface area contributed by atoms with Crippen molar-refractivity contribution in [2.75, 3.05) is 5.73 Å². The molecule has 0 saturated heterocycles. The zero-order chi connectivity index (χ0) is 17.0. The fourth-order valence-electron chi connectivity index (χ4n) is 2.69. The van der Waals surface area contributed by atoms with E-state index in [2.05, 4.69) is 20.2 Å². The van der Waals surface area contributed by atoms with Crippen LogP contribution < -0.4 is 11.3 Å². The summed E-state index contributed by atoms with van der Waals surface area (Å²) in [5.74, 6) is -2.15. The number of hydrogen-bond acceptors (Lipinski definition) is 4. The number of rotatable bonds is 1. The third-order valence-corrected chi connectivity index (χ3v) is 3.96. The minimum absolute atomic E-state index is 0.119. The van der Waals surface area contributed by atoms with Crippen molar-refractivity contribution in [3.8, 4) is 11.1 Å². The number of aromatic nitrogens is 4. The minimum Gasteiger partial charge on any atom is -0.394 e. The Bertz CT molecular complexity index is 1180. The van der Waals surface area contributed by atoms with Crippen LogP contribution in [0.3, 0.4) is 0 Å². The van der Waals surface area contributed by atoms with E-state index < -0.39 is 17.2 Å². The van der Waals surface area contributed by atoms with E-state index in [1.54, 1.807) is 0 Å². The molecule has 1 aromatic carbocycles. The SMILES string of the molecule is Nc1c(-c2cc(F)c(F)c3[nH]ncc23)c2ncc(Cl)cc2[nH]c1=O. The van der Waals surface area contributed by atoms with E-state index in [9.17, 15) is 13.6 Å². The van der Waals surface area contributed by atoms with Crippen LogP contribution in [0.15, 0.2) is 29.3 Å². The van der Waals surface area contributed by atoms with Gasteiger partial charge in [-0.25, -0.2) is 8.78 Å². The lowest BCUT2D eigenvalue weighted by molar-refractivity contribution is 0.515. The highest BCUT2D eigenvalue weighted by Gasteiger charge is 2.20. The summed E-state index contributed by atoms with van der Waals surface area (Å²) < 4.78 is 27.9. The molecular formula is C15H8ClF2N5O. The second-order valence-corrected chi connectivity index (χ2v) is 5.61. The first-order valence-corrected chi connectivity index (χ1v) is 7.13. The Kier molecular flexibility index (Phi) is 3.04. The van der Waals surface area contributed by atoms with E-state index in [4.69, 9.17) is 17.3 Å². The number of aromatic amines is 2. The van der Waals surface area contributed by atoms with Crippen molar-refractivity contribution in [3.63, 3.8) is 0 Å². The van der Waals surface area contributed by atoms with Gasteiger partial charge in [-0.05, 0) is 12.1 Å². The first kappa shape index (κ1) is 14.6. The summed E-state index contributed by atoms with van der Waals surface area (Å²) in [7, 11) is 0. The Morgan fingerprint density at radius 3 is 2.79 bits per heavy atom. The number of nitrogens with two attached hydrogens (primary N) is 1. The average Bonchev–Trinajstić information content (AvgIpc) is 3.03. The summed E-state index contributed by atoms with van der Waals surface area (Å²) in [4.78, 5) is 18.9. The van der Waals surface area contributed by atoms with Crippen LogP contribution in [0.4, 0.5) is 14.5 Å². The summed E-state index contributed by atoms with van der Waals surface area (Å²) in [5.41, 5.74) is 6.08. The van der Waals surface area contributed by atoms with Gasteiger partial charge < -0.3 is 10.7 Å². The third kappa shape index (κ3) is 1.96. The molecule has 3 heterocycles. The van der Waals surface area contributed by atoms with Crippen molar-refractivity contribution in [1.29, 1.82) is 0 Å². The smallest absolute Gasteiger partial charge is 0.272 e. The Morgan fingerprint density at radius 1 is 1.21 bits per heavy atom. The predicted molar refractivity (Wildman–Crippen MR) is 86.8 cm³/mol. The molecule has 0 spiro atoms. The van der Waals surface area contributed by atoms with Gasteiger partial charge in [0.15, 0.2) is 11.6 Å². The molecule has 4 aromatic rings. The van der Waals surface area contributed by atoms with Gasteiger partial charge in [0.2, 0.25) is 0 Å². The maximum atomic E-state index is 14.0. The van der Waals surface area contributed by atoms with Gasteiger partial charge in [0.25, 0.3) is 5.56 Å². The highest BCUT2D eigenvalue weighted by Crippen LogP contribution is 2.36. The van der Waals surface area contributed by atoms with Crippen LogP contribution in [0, 0.1) is 11.6 Å². The molecule has 4 N–H and O–H groups in total. The molecule has 0 radical (unpaired) electrons. The van der Waals surface area contributed by atoms with Crippen LogP contribution in [0.1, 0.15) is 0 Å². The van der Waals surface area contributed by atoms with Crippen molar-refractivity contribution < 1.29 is 8.78 Å². The van der Waals surface area contributed by atoms with E-state index in [0.717, 1.165) is 6.07 Å². The minimum atomic E-state index is -1.09. The van der Waals surface area contributed by atoms with E-state index in [-0.39, 0.29) is 27.7 Å². The standard InChI is InChI=1S/C15H8ClF2N5O/c16-5-1-9-14(20-3-5)10(12(19)15(24)22-9)6-2-8(17)11(18)13-7(6)4-21-23-13/h1-4H,19H2,(H,21,23)(H,22,24). The molecule has 0 aliphatic rings. The van der Waals surface area contributed by atoms with Crippen molar-refractivity contribution in [2.24, 2.45) is 0 Å². The zero-order valence-corrected chi connectivity index (χ0v) is 12.6. The lowest BCUT2D eigenvalue weighted by Crippen LogP contribution is -2.14. The van der Waals surface area contributed by atoms with E-state index in [1.807, 2.05) is 0 Å². The highest BCUT2D eigenvalue weighted by molar-refractivity contribution is 6.31. The fourth-order valence-corrected chi connectivity index (χ4v) is 2.85. The van der Waals surface area contributed by atoms with E-state index in [1.165, 1.54) is 18.5 Å². The van der Waals surface area contributed by atoms with E-state index in [0.29, 0.717) is 16.1 Å². The van der Waals surface area contributed by atoms with Crippen molar-refractivity contribution in [3.05, 3.63) is 51.5 Å². The van der Waals surface area contributed by atoms with E-state index >= 15 is 0 Å². The number of fused-ring (bicyclic) bond motifs is 2. The Hall–Kier alpha value is -3.00. The van der Waals surface area contributed by atoms with Gasteiger partial charge in [-0.2, -0.15) is 5.10 Å². The fraction of sp³-hybridized carbons (Fsp3) is 0. The topological polar surface area (TPSA) is 100 Å². The molecule has 9 heteroatoms. The second kappa shape index (κ2) is 5.00. The largest absolute Gasteiger partial charge is 0.394 e. The maximum absolute atomic E-state index is 14.0. The quantitative estimate of drug-likeness (QED) is 0.492. The number of H-pyrrole nitrogens is 2. The number of hydrogen-bond donors (Lipinski definition) is 3. The number of anilines is 1. The van der Waals surface area contributed by atoms with Crippen LogP contribution in [-0.2, 0) is 0 Å². The summed E-state index contributed by atoms with van der Waals surface area (Å²) in [5, 5.41) is 6.73. The molecule has 3 aromatic heterocycles. The van der Waals surface area contributed by atoms with Gasteiger partial charge >= 0.3 is 0 Å². The van der Waals surface area contributed by atoms with Gasteiger partial charge in [0, 0.05) is 22.7 Å². The van der Waals surface area contributed by atoms with Crippen LogP contribution >= 0.6 is 11.6 Å². The normalized spacial score (nSPS) is 11.5. The molecular weight excluding hydrogens is 340 g/mol. The van der Waals surface area contributed by atoms with Crippen molar-refractivity contribution in [1.82, 2.24) is 20.2 Å². The summed E-state index contributed by atoms with van der Waals surface area (Å²) in [6, 6.07) is 2.47. The predicted octanol–water partition coefficient (Wildman–Crippen LogP) is 2.98. The molecule has 120 valence electrons. The van der Waals surface area contributed by atoms with Gasteiger partial charge in [0.05, 0.1) is 22.3 Å². The molecule has 0 fully saturated rings. The number of halogens is 3. The third-order valence-electron chi connectivity index (χ3n) is 3.75. The number of nitrogens with one attached hydrogen (secondary N) is 2. The van der Waals surface area contributed by atoms with Crippen LogP contribution in [0.5, 0.6) is 0 Å². The van der Waals surface area contributed by atoms with Crippen molar-refractivity contribution >= 4 is 39.2 Å². The van der Waals surface area contributed by atoms with Crippen LogP contribution in [0.2, 0.25) is 5.02 Å². The molecule has 0 aliphatic carbocycles. The summed E-state index contributed by atoms with van der Waals surface area (Å²) in [6.45, 7) is 0. The zero-order valence-electron chi connectivity index (χ0n) is 11.8. The number of benzene rings is 1. The lowest BCUT2D eigenvalue weighted by atomic mass is 9.99. The average molecular weight is 348 g/mol. The van der Waals surface area contributed by atoms with Gasteiger partial charge in [-0.15, -0.1) is 0 Å². The van der Waals surface area contributed by atoms with Gasteiger partial charge in [-0.3, -0.25) is 14.9 Å². The number of nitrogen functional groups attached to an aromatic ring is 1. The number of nitrogens with zero attached hydrogens (tertiary/aromatic N) is 2. The molecule has 0 bridgehead atoms. The Morgan fingerprint density at radius 2 is 2.00 bits per heavy atom. The molecule has 6 nitrogen and oxygen atoms in total. The maximum Gasteiger partial charge on any atom is 0.272 e. The lowest BCUT2D eigenvalue weighted by Gasteiger charge is -2.11. The van der Waals surface area contributed by atoms with Gasteiger partial charge in [0.1, 0.15) is 11.2 Å². The molecule has 24 heavy (non-hydrogen) atoms. The van der Waals surface area contributed by atoms with Crippen LogP contribution in [-0.4, -0.2) is 20.2 Å². The molecule has 0 aliphatic heterocycles. The Labute approximate surface area is 137 Å². The summed E-state index contributed by atoms with van der Waals surface area (Å²) >= 11 is 5.89. The highest BCUT2D eigenvalue weighted by atomic mass is 35.5. The molecule has 0 amide bonds. The van der Waals surface area contributed by atoms with Gasteiger partial charge in [-0.1, -0.05) is 11.6 Å². The summed E-state index contributed by atoms with van der Waals surface area (Å²) in [6.07, 6.45) is 2.70. The van der Waals surface area contributed by atoms with Crippen LogP contribution in [0.25, 0.3) is 33.1 Å². The van der Waals surface area contributed by atoms with Crippen molar-refractivity contribution in [2.45, 2.75) is 0 Å². The Balaban J connectivity index is 2.22. The monoisotopic (exact) mass is 347 g/mol. The number of pyridine rings is 2. The molecule has 0 saturated carbocycles. The molecule has 0 atom stereocenters. The first-order chi connectivity index (χ1) is 11.5.